The molecule has 0 spiro atoms. The number of Topliss-reactive ketones (excluding diaryl/α,β-unsaturated/α-hetero) is 1. The van der Waals surface area contributed by atoms with Crippen LogP contribution in [0.2, 0.25) is 5.02 Å². The summed E-state index contributed by atoms with van der Waals surface area (Å²) in [7, 11) is 0. The molecule has 2 heterocycles. The first-order chi connectivity index (χ1) is 14.5. The molecule has 0 aliphatic carbocycles. The molecule has 2 aromatic carbocycles. The van der Waals surface area contributed by atoms with Crippen LogP contribution in [0.25, 0.3) is 23.0 Å². The smallest absolute Gasteiger partial charge is 0.274 e. The number of carbonyl (C=O) groups is 2. The van der Waals surface area contributed by atoms with Gasteiger partial charge in [0.1, 0.15) is 12.2 Å². The zero-order valence-corrected chi connectivity index (χ0v) is 16.8. The molecule has 0 aliphatic heterocycles. The van der Waals surface area contributed by atoms with Gasteiger partial charge in [0.05, 0.1) is 0 Å². The van der Waals surface area contributed by atoms with Gasteiger partial charge in [-0.1, -0.05) is 28.9 Å². The quantitative estimate of drug-likeness (QED) is 0.456. The monoisotopic (exact) mass is 420 g/mol. The average molecular weight is 421 g/mol. The fourth-order valence-corrected chi connectivity index (χ4v) is 3.09. The second-order valence-electron chi connectivity index (χ2n) is 6.64. The van der Waals surface area contributed by atoms with Gasteiger partial charge in [-0.05, 0) is 55.5 Å². The van der Waals surface area contributed by atoms with Gasteiger partial charge in [-0.3, -0.25) is 9.59 Å². The van der Waals surface area contributed by atoms with Crippen LogP contribution in [-0.2, 0) is 11.3 Å². The summed E-state index contributed by atoms with van der Waals surface area (Å²) in [6.07, 6.45) is 1.76. The molecule has 7 nitrogen and oxygen atoms in total. The van der Waals surface area contributed by atoms with Crippen molar-refractivity contribution in [2.24, 2.45) is 0 Å². The van der Waals surface area contributed by atoms with Crippen molar-refractivity contribution in [3.8, 4) is 23.0 Å². The van der Waals surface area contributed by atoms with E-state index in [9.17, 15) is 9.59 Å². The number of nitrogens with zero attached hydrogens (tertiary/aromatic N) is 3. The first-order valence-corrected chi connectivity index (χ1v) is 9.53. The largest absolute Gasteiger partial charge is 0.334 e. The van der Waals surface area contributed by atoms with Crippen LogP contribution in [0.1, 0.15) is 17.3 Å². The van der Waals surface area contributed by atoms with Crippen molar-refractivity contribution in [2.75, 3.05) is 5.32 Å². The molecule has 1 N–H and O–H groups in total. The van der Waals surface area contributed by atoms with Crippen LogP contribution in [0.5, 0.6) is 0 Å². The van der Waals surface area contributed by atoms with Crippen LogP contribution in [0, 0.1) is 0 Å². The lowest BCUT2D eigenvalue weighted by Gasteiger charge is -2.09. The summed E-state index contributed by atoms with van der Waals surface area (Å²) in [6, 6.07) is 17.5. The highest BCUT2D eigenvalue weighted by molar-refractivity contribution is 6.30. The van der Waals surface area contributed by atoms with Gasteiger partial charge in [0, 0.05) is 28.0 Å². The van der Waals surface area contributed by atoms with Crippen molar-refractivity contribution in [3.63, 3.8) is 0 Å². The third kappa shape index (κ3) is 4.31. The summed E-state index contributed by atoms with van der Waals surface area (Å²) in [5, 5.41) is 7.43. The number of carbonyl (C=O) groups excluding carboxylic acids is 2. The molecule has 4 rings (SSSR count). The molecule has 30 heavy (non-hydrogen) atoms. The number of halogens is 1. The number of aromatic nitrogens is 3. The Morgan fingerprint density at radius 1 is 1.10 bits per heavy atom. The topological polar surface area (TPSA) is 90.0 Å². The van der Waals surface area contributed by atoms with Gasteiger partial charge >= 0.3 is 0 Å². The van der Waals surface area contributed by atoms with Gasteiger partial charge in [0.2, 0.25) is 11.7 Å². The summed E-state index contributed by atoms with van der Waals surface area (Å²) in [4.78, 5) is 28.4. The van der Waals surface area contributed by atoms with Crippen molar-refractivity contribution in [2.45, 2.75) is 13.5 Å². The fourth-order valence-electron chi connectivity index (χ4n) is 2.96. The van der Waals surface area contributed by atoms with Crippen molar-refractivity contribution in [1.82, 2.24) is 14.7 Å². The van der Waals surface area contributed by atoms with Gasteiger partial charge in [-0.25, -0.2) is 0 Å². The molecular formula is C22H17ClN4O3. The molecular weight excluding hydrogens is 404 g/mol. The number of benzene rings is 2. The number of rotatable bonds is 6. The molecule has 150 valence electrons. The number of ketones is 1. The Hall–Kier alpha value is -3.71. The lowest BCUT2D eigenvalue weighted by molar-refractivity contribution is -0.116. The molecule has 1 amide bonds. The second kappa shape index (κ2) is 8.34. The van der Waals surface area contributed by atoms with E-state index in [1.165, 1.54) is 6.92 Å². The Labute approximate surface area is 177 Å². The SMILES string of the molecule is CC(=O)c1cccc(NC(=O)Cn2cccc2-c2nc(-c3ccc(Cl)cc3)no2)c1. The van der Waals surface area contributed by atoms with Crippen molar-refractivity contribution in [1.29, 1.82) is 0 Å². The molecule has 0 saturated heterocycles. The zero-order valence-electron chi connectivity index (χ0n) is 16.0. The van der Waals surface area contributed by atoms with Crippen LogP contribution >= 0.6 is 11.6 Å². The van der Waals surface area contributed by atoms with E-state index < -0.39 is 0 Å². The van der Waals surface area contributed by atoms with Gasteiger partial charge in [0.25, 0.3) is 5.89 Å². The number of amides is 1. The predicted molar refractivity (Wildman–Crippen MR) is 113 cm³/mol. The minimum absolute atomic E-state index is 0.0469. The van der Waals surface area contributed by atoms with E-state index in [0.29, 0.717) is 33.7 Å². The molecule has 0 unspecified atom stereocenters. The molecule has 4 aromatic rings. The van der Waals surface area contributed by atoms with Gasteiger partial charge in [-0.15, -0.1) is 0 Å². The highest BCUT2D eigenvalue weighted by Crippen LogP contribution is 2.24. The minimum Gasteiger partial charge on any atom is -0.334 e. The Morgan fingerprint density at radius 3 is 2.67 bits per heavy atom. The number of anilines is 1. The summed E-state index contributed by atoms with van der Waals surface area (Å²) >= 11 is 5.91. The van der Waals surface area contributed by atoms with E-state index in [0.717, 1.165) is 5.56 Å². The van der Waals surface area contributed by atoms with Crippen molar-refractivity contribution < 1.29 is 14.1 Å². The number of hydrogen-bond acceptors (Lipinski definition) is 5. The van der Waals surface area contributed by atoms with Gasteiger partial charge < -0.3 is 14.4 Å². The van der Waals surface area contributed by atoms with E-state index in [1.807, 2.05) is 0 Å². The molecule has 0 atom stereocenters. The maximum absolute atomic E-state index is 12.5. The van der Waals surface area contributed by atoms with Crippen molar-refractivity contribution >= 4 is 29.0 Å². The van der Waals surface area contributed by atoms with Crippen LogP contribution in [0.3, 0.4) is 0 Å². The molecule has 0 saturated carbocycles. The standard InChI is InChI=1S/C22H17ClN4O3/c1-14(28)16-4-2-5-18(12-16)24-20(29)13-27-11-3-6-19(27)22-25-21(26-30-22)15-7-9-17(23)10-8-15/h2-12H,13H2,1H3,(H,24,29). The van der Waals surface area contributed by atoms with E-state index in [-0.39, 0.29) is 18.2 Å². The summed E-state index contributed by atoms with van der Waals surface area (Å²) in [6.45, 7) is 1.53. The zero-order chi connectivity index (χ0) is 21.1. The Morgan fingerprint density at radius 2 is 1.90 bits per heavy atom. The molecule has 2 aromatic heterocycles. The third-order valence-corrected chi connectivity index (χ3v) is 4.70. The van der Waals surface area contributed by atoms with Gasteiger partial charge in [-0.2, -0.15) is 4.98 Å². The number of hydrogen-bond donors (Lipinski definition) is 1. The van der Waals surface area contributed by atoms with E-state index in [1.54, 1.807) is 71.4 Å². The normalized spacial score (nSPS) is 10.7. The molecule has 0 bridgehead atoms. The first kappa shape index (κ1) is 19.6. The predicted octanol–water partition coefficient (Wildman–Crippen LogP) is 4.70. The maximum Gasteiger partial charge on any atom is 0.274 e. The summed E-state index contributed by atoms with van der Waals surface area (Å²) in [5.41, 5.74) is 2.49. The summed E-state index contributed by atoms with van der Waals surface area (Å²) in [5.74, 6) is 0.425. The van der Waals surface area contributed by atoms with Crippen LogP contribution < -0.4 is 5.32 Å². The highest BCUT2D eigenvalue weighted by atomic mass is 35.5. The third-order valence-electron chi connectivity index (χ3n) is 4.44. The Bertz CT molecular complexity index is 1210. The molecule has 0 aliphatic rings. The highest BCUT2D eigenvalue weighted by Gasteiger charge is 2.16. The Balaban J connectivity index is 1.50. The average Bonchev–Trinajstić information content (AvgIpc) is 3.38. The van der Waals surface area contributed by atoms with Crippen molar-refractivity contribution in [3.05, 3.63) is 77.4 Å². The van der Waals surface area contributed by atoms with E-state index >= 15 is 0 Å². The first-order valence-electron chi connectivity index (χ1n) is 9.15. The summed E-state index contributed by atoms with van der Waals surface area (Å²) < 4.78 is 7.10. The van der Waals surface area contributed by atoms with Gasteiger partial charge in [0.15, 0.2) is 5.78 Å². The lowest BCUT2D eigenvalue weighted by atomic mass is 10.1. The van der Waals surface area contributed by atoms with E-state index in [4.69, 9.17) is 16.1 Å². The molecule has 0 radical (unpaired) electrons. The van der Waals surface area contributed by atoms with Crippen LogP contribution in [0.15, 0.2) is 71.4 Å². The molecule has 0 fully saturated rings. The molecule has 8 heteroatoms. The fraction of sp³-hybridized carbons (Fsp3) is 0.0909. The van der Waals surface area contributed by atoms with Crippen LogP contribution in [0.4, 0.5) is 5.69 Å². The lowest BCUT2D eigenvalue weighted by Crippen LogP contribution is -2.19. The minimum atomic E-state index is -0.245. The van der Waals surface area contributed by atoms with E-state index in [2.05, 4.69) is 15.5 Å². The van der Waals surface area contributed by atoms with Crippen LogP contribution in [-0.4, -0.2) is 26.4 Å². The number of nitrogens with one attached hydrogen (secondary N) is 1. The second-order valence-corrected chi connectivity index (χ2v) is 7.07. The maximum atomic E-state index is 12.5. The Kier molecular flexibility index (Phi) is 5.45.